The molecule has 1 aliphatic heterocycles. The Labute approximate surface area is 132 Å². The number of halogens is 1. The minimum absolute atomic E-state index is 0.160. The van der Waals surface area contributed by atoms with Gasteiger partial charge in [0, 0.05) is 28.5 Å². The summed E-state index contributed by atoms with van der Waals surface area (Å²) < 4.78 is 0.913. The molecule has 0 saturated heterocycles. The lowest BCUT2D eigenvalue weighted by Crippen LogP contribution is -2.19. The largest absolute Gasteiger partial charge is 0.344 e. The van der Waals surface area contributed by atoms with Gasteiger partial charge in [-0.3, -0.25) is 4.79 Å². The fourth-order valence-corrected chi connectivity index (χ4v) is 3.09. The molecule has 1 unspecified atom stereocenters. The molecule has 0 aromatic heterocycles. The highest BCUT2D eigenvalue weighted by Crippen LogP contribution is 2.39. The monoisotopic (exact) mass is 345 g/mol. The van der Waals surface area contributed by atoms with Crippen molar-refractivity contribution in [3.8, 4) is 0 Å². The predicted molar refractivity (Wildman–Crippen MR) is 88.9 cm³/mol. The average Bonchev–Trinajstić information content (AvgIpc) is 2.73. The van der Waals surface area contributed by atoms with Gasteiger partial charge >= 0.3 is 0 Å². The van der Waals surface area contributed by atoms with Gasteiger partial charge in [-0.2, -0.15) is 0 Å². The number of benzene rings is 2. The van der Waals surface area contributed by atoms with E-state index in [1.165, 1.54) is 5.56 Å². The fraction of sp³-hybridized carbons (Fsp3) is 0.188. The number of aryl methyl sites for hydroxylation is 1. The zero-order chi connectivity index (χ0) is 15.1. The highest BCUT2D eigenvalue weighted by atomic mass is 79.9. The van der Waals surface area contributed by atoms with Crippen LogP contribution in [0, 0.1) is 6.92 Å². The van der Waals surface area contributed by atoms with Crippen LogP contribution in [0.5, 0.6) is 0 Å². The van der Waals surface area contributed by atoms with Crippen LogP contribution in [0.2, 0.25) is 0 Å². The molecule has 2 aromatic rings. The van der Waals surface area contributed by atoms with Gasteiger partial charge < -0.3 is 16.0 Å². The molecule has 1 aliphatic rings. The maximum absolute atomic E-state index is 11.7. The summed E-state index contributed by atoms with van der Waals surface area (Å²) in [5.74, 6) is -0.160. The van der Waals surface area contributed by atoms with Gasteiger partial charge in [-0.05, 0) is 47.1 Å². The number of hydrogen-bond acceptors (Lipinski definition) is 3. The molecule has 21 heavy (non-hydrogen) atoms. The fourth-order valence-electron chi connectivity index (χ4n) is 2.46. The van der Waals surface area contributed by atoms with Crippen LogP contribution in [0.4, 0.5) is 17.1 Å². The van der Waals surface area contributed by atoms with Crippen molar-refractivity contribution < 1.29 is 4.79 Å². The molecular weight excluding hydrogens is 330 g/mol. The molecule has 5 heteroatoms. The average molecular weight is 346 g/mol. The standard InChI is InChI=1S/C16H16BrN3O/c1-9-3-5-10(6-4-9)20(2)14-8-13-11(7-12(14)17)15(18)16(21)19-13/h3-8,15H,18H2,1-2H3,(H,19,21). The van der Waals surface area contributed by atoms with Crippen molar-refractivity contribution in [2.75, 3.05) is 17.3 Å². The number of amides is 1. The Morgan fingerprint density at radius 1 is 1.24 bits per heavy atom. The van der Waals surface area contributed by atoms with Crippen LogP contribution in [0.1, 0.15) is 17.2 Å². The summed E-state index contributed by atoms with van der Waals surface area (Å²) in [5.41, 5.74) is 10.8. The smallest absolute Gasteiger partial charge is 0.245 e. The van der Waals surface area contributed by atoms with E-state index in [1.807, 2.05) is 19.2 Å². The van der Waals surface area contributed by atoms with E-state index in [0.29, 0.717) is 0 Å². The Bertz CT molecular complexity index is 712. The van der Waals surface area contributed by atoms with Gasteiger partial charge in [-0.1, -0.05) is 17.7 Å². The number of rotatable bonds is 2. The van der Waals surface area contributed by atoms with Crippen molar-refractivity contribution in [1.82, 2.24) is 0 Å². The van der Waals surface area contributed by atoms with Gasteiger partial charge in [0.2, 0.25) is 5.91 Å². The molecule has 1 heterocycles. The van der Waals surface area contributed by atoms with Crippen molar-refractivity contribution in [1.29, 1.82) is 0 Å². The van der Waals surface area contributed by atoms with E-state index in [0.717, 1.165) is 27.1 Å². The molecule has 0 spiro atoms. The summed E-state index contributed by atoms with van der Waals surface area (Å²) in [4.78, 5) is 13.7. The minimum atomic E-state index is -0.588. The van der Waals surface area contributed by atoms with Crippen molar-refractivity contribution in [2.24, 2.45) is 5.73 Å². The molecule has 4 nitrogen and oxygen atoms in total. The molecule has 0 bridgehead atoms. The van der Waals surface area contributed by atoms with Crippen molar-refractivity contribution in [2.45, 2.75) is 13.0 Å². The molecule has 0 radical (unpaired) electrons. The van der Waals surface area contributed by atoms with Crippen LogP contribution in [-0.2, 0) is 4.79 Å². The van der Waals surface area contributed by atoms with Crippen LogP contribution in [0.15, 0.2) is 40.9 Å². The Morgan fingerprint density at radius 2 is 1.90 bits per heavy atom. The number of carbonyl (C=O) groups excluding carboxylic acids is 1. The van der Waals surface area contributed by atoms with Gasteiger partial charge in [-0.15, -0.1) is 0 Å². The number of nitrogens with one attached hydrogen (secondary N) is 1. The quantitative estimate of drug-likeness (QED) is 0.875. The highest BCUT2D eigenvalue weighted by molar-refractivity contribution is 9.10. The first kappa shape index (κ1) is 14.1. The van der Waals surface area contributed by atoms with E-state index in [1.54, 1.807) is 0 Å². The van der Waals surface area contributed by atoms with Gasteiger partial charge in [-0.25, -0.2) is 0 Å². The zero-order valence-corrected chi connectivity index (χ0v) is 13.4. The van der Waals surface area contributed by atoms with Crippen LogP contribution < -0.4 is 16.0 Å². The van der Waals surface area contributed by atoms with Gasteiger partial charge in [0.1, 0.15) is 6.04 Å². The van der Waals surface area contributed by atoms with E-state index in [4.69, 9.17) is 5.73 Å². The van der Waals surface area contributed by atoms with Crippen LogP contribution >= 0.6 is 15.9 Å². The molecule has 3 N–H and O–H groups in total. The Kier molecular flexibility index (Phi) is 3.47. The summed E-state index contributed by atoms with van der Waals surface area (Å²) in [6.45, 7) is 2.06. The second-order valence-electron chi connectivity index (χ2n) is 5.25. The van der Waals surface area contributed by atoms with Gasteiger partial charge in [0.25, 0.3) is 0 Å². The molecule has 2 aromatic carbocycles. The SMILES string of the molecule is Cc1ccc(N(C)c2cc3c(cc2Br)C(N)C(=O)N3)cc1. The highest BCUT2D eigenvalue weighted by Gasteiger charge is 2.28. The van der Waals surface area contributed by atoms with Crippen molar-refractivity contribution >= 4 is 38.9 Å². The van der Waals surface area contributed by atoms with Crippen LogP contribution in [-0.4, -0.2) is 13.0 Å². The minimum Gasteiger partial charge on any atom is -0.344 e. The van der Waals surface area contributed by atoms with Crippen molar-refractivity contribution in [3.05, 3.63) is 52.0 Å². The summed E-state index contributed by atoms with van der Waals surface area (Å²) in [5, 5.41) is 2.82. The molecule has 0 fully saturated rings. The summed E-state index contributed by atoms with van der Waals surface area (Å²) in [7, 11) is 1.99. The molecule has 1 atom stereocenters. The number of anilines is 3. The summed E-state index contributed by atoms with van der Waals surface area (Å²) >= 11 is 3.57. The maximum Gasteiger partial charge on any atom is 0.245 e. The molecule has 1 amide bonds. The maximum atomic E-state index is 11.7. The molecular formula is C16H16BrN3O. The second kappa shape index (κ2) is 5.16. The second-order valence-corrected chi connectivity index (χ2v) is 6.11. The van der Waals surface area contributed by atoms with Crippen LogP contribution in [0.25, 0.3) is 0 Å². The first-order valence-corrected chi connectivity index (χ1v) is 7.47. The third-order valence-electron chi connectivity index (χ3n) is 3.78. The molecule has 108 valence electrons. The lowest BCUT2D eigenvalue weighted by atomic mass is 10.1. The molecule has 0 aliphatic carbocycles. The molecule has 0 saturated carbocycles. The number of nitrogens with two attached hydrogens (primary N) is 1. The van der Waals surface area contributed by atoms with Crippen LogP contribution in [0.3, 0.4) is 0 Å². The van der Waals surface area contributed by atoms with E-state index < -0.39 is 6.04 Å². The number of hydrogen-bond donors (Lipinski definition) is 2. The Morgan fingerprint density at radius 3 is 2.57 bits per heavy atom. The van der Waals surface area contributed by atoms with E-state index in [9.17, 15) is 4.79 Å². The van der Waals surface area contributed by atoms with E-state index in [-0.39, 0.29) is 5.91 Å². The number of nitrogens with zero attached hydrogens (tertiary/aromatic N) is 1. The summed E-state index contributed by atoms with van der Waals surface area (Å²) in [6, 6.07) is 11.6. The lowest BCUT2D eigenvalue weighted by Gasteiger charge is -2.22. The normalized spacial score (nSPS) is 16.6. The third kappa shape index (κ3) is 2.43. The predicted octanol–water partition coefficient (Wildman–Crippen LogP) is 3.48. The van der Waals surface area contributed by atoms with E-state index >= 15 is 0 Å². The number of fused-ring (bicyclic) bond motifs is 1. The Balaban J connectivity index is 2.02. The first-order chi connectivity index (χ1) is 9.97. The third-order valence-corrected chi connectivity index (χ3v) is 4.41. The van der Waals surface area contributed by atoms with Crippen molar-refractivity contribution in [3.63, 3.8) is 0 Å². The first-order valence-electron chi connectivity index (χ1n) is 6.67. The topological polar surface area (TPSA) is 58.4 Å². The zero-order valence-electron chi connectivity index (χ0n) is 11.9. The Hall–Kier alpha value is -1.85. The van der Waals surface area contributed by atoms with Gasteiger partial charge in [0.15, 0.2) is 0 Å². The van der Waals surface area contributed by atoms with E-state index in [2.05, 4.69) is 57.3 Å². The number of carbonyl (C=O) groups is 1. The molecule has 3 rings (SSSR count). The van der Waals surface area contributed by atoms with Gasteiger partial charge in [0.05, 0.1) is 5.69 Å². The summed E-state index contributed by atoms with van der Waals surface area (Å²) in [6.07, 6.45) is 0. The lowest BCUT2D eigenvalue weighted by molar-refractivity contribution is -0.116.